The number of hydrogen-bond acceptors (Lipinski definition) is 3. The monoisotopic (exact) mass is 349 g/mol. The van der Waals surface area contributed by atoms with Crippen LogP contribution in [0.1, 0.15) is 48.3 Å². The highest BCUT2D eigenvalue weighted by molar-refractivity contribution is 5.97. The molecule has 0 radical (unpaired) electrons. The van der Waals surface area contributed by atoms with Crippen LogP contribution in [0.15, 0.2) is 18.2 Å². The molecule has 1 N–H and O–H groups in total. The van der Waals surface area contributed by atoms with Gasteiger partial charge in [-0.15, -0.1) is 0 Å². The summed E-state index contributed by atoms with van der Waals surface area (Å²) >= 11 is 0. The van der Waals surface area contributed by atoms with E-state index in [1.807, 2.05) is 4.90 Å². The van der Waals surface area contributed by atoms with E-state index in [1.54, 1.807) is 18.2 Å². The topological polar surface area (TPSA) is 58.2 Å². The molecule has 1 atom stereocenters. The molecule has 134 valence electrons. The Balaban J connectivity index is 1.56. The van der Waals surface area contributed by atoms with Crippen LogP contribution in [0.3, 0.4) is 0 Å². The second-order valence-corrected chi connectivity index (χ2v) is 6.91. The van der Waals surface area contributed by atoms with Crippen molar-refractivity contribution in [3.8, 4) is 0 Å². The fourth-order valence-electron chi connectivity index (χ4n) is 3.66. The number of fused-ring (bicyclic) bond motifs is 1. The van der Waals surface area contributed by atoms with E-state index in [-0.39, 0.29) is 17.8 Å². The number of rotatable bonds is 4. The third kappa shape index (κ3) is 3.25. The van der Waals surface area contributed by atoms with Crippen molar-refractivity contribution < 1.29 is 18.3 Å². The summed E-state index contributed by atoms with van der Waals surface area (Å²) in [6.45, 7) is 1.68. The van der Waals surface area contributed by atoms with Crippen molar-refractivity contribution in [1.29, 1.82) is 0 Å². The molecule has 1 unspecified atom stereocenters. The van der Waals surface area contributed by atoms with Crippen LogP contribution in [0.4, 0.5) is 8.78 Å². The van der Waals surface area contributed by atoms with Gasteiger partial charge < -0.3 is 14.6 Å². The van der Waals surface area contributed by atoms with E-state index in [9.17, 15) is 13.6 Å². The van der Waals surface area contributed by atoms with Crippen molar-refractivity contribution in [3.63, 3.8) is 0 Å². The highest BCUT2D eigenvalue weighted by atomic mass is 19.3. The van der Waals surface area contributed by atoms with Crippen LogP contribution in [-0.2, 0) is 4.74 Å². The summed E-state index contributed by atoms with van der Waals surface area (Å²) in [7, 11) is 0. The molecule has 1 saturated heterocycles. The van der Waals surface area contributed by atoms with Crippen LogP contribution in [-0.4, -0.2) is 46.6 Å². The number of morpholine rings is 1. The molecule has 2 aliphatic rings. The molecule has 1 aliphatic heterocycles. The van der Waals surface area contributed by atoms with E-state index < -0.39 is 6.43 Å². The molecule has 1 aliphatic carbocycles. The van der Waals surface area contributed by atoms with Gasteiger partial charge in [-0.3, -0.25) is 4.79 Å². The summed E-state index contributed by atoms with van der Waals surface area (Å²) < 4.78 is 31.1. The molecule has 1 aromatic heterocycles. The van der Waals surface area contributed by atoms with Crippen molar-refractivity contribution in [2.24, 2.45) is 5.92 Å². The zero-order valence-electron chi connectivity index (χ0n) is 13.9. The van der Waals surface area contributed by atoms with Crippen LogP contribution in [0, 0.1) is 5.92 Å². The lowest BCUT2D eigenvalue weighted by Gasteiger charge is -2.39. The van der Waals surface area contributed by atoms with E-state index in [1.165, 1.54) is 19.3 Å². The lowest BCUT2D eigenvalue weighted by molar-refractivity contribution is -0.0124. The van der Waals surface area contributed by atoms with Crippen LogP contribution in [0.2, 0.25) is 0 Å². The summed E-state index contributed by atoms with van der Waals surface area (Å²) in [5.74, 6) is 0.252. The Morgan fingerprint density at radius 3 is 2.96 bits per heavy atom. The Morgan fingerprint density at radius 2 is 2.24 bits per heavy atom. The van der Waals surface area contributed by atoms with Gasteiger partial charge in [-0.1, -0.05) is 19.3 Å². The third-order valence-electron chi connectivity index (χ3n) is 5.27. The van der Waals surface area contributed by atoms with Gasteiger partial charge in [-0.05, 0) is 30.5 Å². The molecular formula is C18H21F2N3O2. The number of H-pyrrole nitrogens is 1. The number of carbonyl (C=O) groups is 1. The number of alkyl halides is 2. The zero-order valence-corrected chi connectivity index (χ0v) is 13.9. The second kappa shape index (κ2) is 6.71. The molecule has 0 bridgehead atoms. The predicted molar refractivity (Wildman–Crippen MR) is 88.7 cm³/mol. The first kappa shape index (κ1) is 16.4. The van der Waals surface area contributed by atoms with Crippen molar-refractivity contribution >= 4 is 16.9 Å². The van der Waals surface area contributed by atoms with E-state index in [0.29, 0.717) is 42.3 Å². The molecule has 0 spiro atoms. The number of nitrogens with one attached hydrogen (secondary N) is 1. The number of nitrogens with zero attached hydrogens (tertiary/aromatic N) is 2. The summed E-state index contributed by atoms with van der Waals surface area (Å²) in [5.41, 5.74) is 1.40. The standard InChI is InChI=1S/C18H21F2N3O2/c19-16(20)17-21-14-5-4-12(9-15(14)22-17)18(24)23-6-7-25-10-13(23)8-11-2-1-3-11/h4-5,9,11,13,16H,1-3,6-8,10H2,(H,21,22). The lowest BCUT2D eigenvalue weighted by atomic mass is 9.80. The molecule has 1 aromatic carbocycles. The van der Waals surface area contributed by atoms with Gasteiger partial charge in [0.05, 0.1) is 30.3 Å². The molecule has 2 aromatic rings. The molecule has 2 fully saturated rings. The Morgan fingerprint density at radius 1 is 1.40 bits per heavy atom. The normalized spacial score (nSPS) is 21.7. The number of benzene rings is 1. The van der Waals surface area contributed by atoms with Gasteiger partial charge in [0, 0.05) is 12.1 Å². The van der Waals surface area contributed by atoms with E-state index in [2.05, 4.69) is 9.97 Å². The van der Waals surface area contributed by atoms with Gasteiger partial charge in [0.25, 0.3) is 12.3 Å². The Labute approximate surface area is 144 Å². The average Bonchev–Trinajstić information content (AvgIpc) is 3.01. The molecular weight excluding hydrogens is 328 g/mol. The van der Waals surface area contributed by atoms with E-state index in [4.69, 9.17) is 4.74 Å². The van der Waals surface area contributed by atoms with Crippen LogP contribution < -0.4 is 0 Å². The molecule has 1 amide bonds. The minimum Gasteiger partial charge on any atom is -0.377 e. The van der Waals surface area contributed by atoms with E-state index >= 15 is 0 Å². The second-order valence-electron chi connectivity index (χ2n) is 6.91. The summed E-state index contributed by atoms with van der Waals surface area (Å²) in [4.78, 5) is 21.3. The maximum absolute atomic E-state index is 13.0. The smallest absolute Gasteiger partial charge is 0.295 e. The number of hydrogen-bond donors (Lipinski definition) is 1. The minimum atomic E-state index is -2.65. The number of halogens is 2. The third-order valence-corrected chi connectivity index (χ3v) is 5.27. The number of imidazole rings is 1. The maximum atomic E-state index is 13.0. The quantitative estimate of drug-likeness (QED) is 0.919. The molecule has 1 saturated carbocycles. The molecule has 25 heavy (non-hydrogen) atoms. The first-order valence-corrected chi connectivity index (χ1v) is 8.78. The number of aromatic amines is 1. The zero-order chi connectivity index (χ0) is 17.4. The Hall–Kier alpha value is -2.02. The summed E-state index contributed by atoms with van der Waals surface area (Å²) in [6.07, 6.45) is 2.06. The van der Waals surface area contributed by atoms with Crippen molar-refractivity contribution in [2.75, 3.05) is 19.8 Å². The first-order valence-electron chi connectivity index (χ1n) is 8.78. The van der Waals surface area contributed by atoms with Gasteiger partial charge in [0.2, 0.25) is 0 Å². The first-order chi connectivity index (χ1) is 12.1. The maximum Gasteiger partial charge on any atom is 0.295 e. The van der Waals surface area contributed by atoms with Crippen molar-refractivity contribution in [3.05, 3.63) is 29.6 Å². The number of amides is 1. The van der Waals surface area contributed by atoms with Crippen molar-refractivity contribution in [1.82, 2.24) is 14.9 Å². The van der Waals surface area contributed by atoms with Crippen LogP contribution >= 0.6 is 0 Å². The SMILES string of the molecule is O=C(c1ccc2nc(C(F)F)[nH]c2c1)N1CCOCC1CC1CCC1. The van der Waals surface area contributed by atoms with Crippen LogP contribution in [0.25, 0.3) is 11.0 Å². The highest BCUT2D eigenvalue weighted by Gasteiger charge is 2.32. The average molecular weight is 349 g/mol. The Bertz CT molecular complexity index is 773. The van der Waals surface area contributed by atoms with Gasteiger partial charge in [-0.2, -0.15) is 0 Å². The summed E-state index contributed by atoms with van der Waals surface area (Å²) in [5, 5.41) is 0. The van der Waals surface area contributed by atoms with Gasteiger partial charge in [0.15, 0.2) is 5.82 Å². The fraction of sp³-hybridized carbons (Fsp3) is 0.556. The molecule has 5 nitrogen and oxygen atoms in total. The largest absolute Gasteiger partial charge is 0.377 e. The number of aromatic nitrogens is 2. The molecule has 2 heterocycles. The van der Waals surface area contributed by atoms with Gasteiger partial charge in [0.1, 0.15) is 0 Å². The number of carbonyl (C=O) groups excluding carboxylic acids is 1. The van der Waals surface area contributed by atoms with E-state index in [0.717, 1.165) is 6.42 Å². The minimum absolute atomic E-state index is 0.0669. The van der Waals surface area contributed by atoms with Gasteiger partial charge >= 0.3 is 0 Å². The highest BCUT2D eigenvalue weighted by Crippen LogP contribution is 2.33. The van der Waals surface area contributed by atoms with Crippen molar-refractivity contribution in [2.45, 2.75) is 38.2 Å². The van der Waals surface area contributed by atoms with Gasteiger partial charge in [-0.25, -0.2) is 13.8 Å². The lowest BCUT2D eigenvalue weighted by Crippen LogP contribution is -2.49. The van der Waals surface area contributed by atoms with Crippen LogP contribution in [0.5, 0.6) is 0 Å². The fourth-order valence-corrected chi connectivity index (χ4v) is 3.66. The summed E-state index contributed by atoms with van der Waals surface area (Å²) in [6, 6.07) is 5.00. The molecule has 4 rings (SSSR count). The molecule has 7 heteroatoms. The number of ether oxygens (including phenoxy) is 1. The predicted octanol–water partition coefficient (Wildman–Crippen LogP) is 3.53. The Kier molecular flexibility index (Phi) is 4.41.